The van der Waals surface area contributed by atoms with Gasteiger partial charge < -0.3 is 0 Å². The van der Waals surface area contributed by atoms with Crippen molar-refractivity contribution in [3.63, 3.8) is 0 Å². The fourth-order valence-electron chi connectivity index (χ4n) is 2.78. The lowest BCUT2D eigenvalue weighted by molar-refractivity contribution is 0.289. The summed E-state index contributed by atoms with van der Waals surface area (Å²) in [7, 11) is 0. The highest BCUT2D eigenvalue weighted by Crippen LogP contribution is 2.43. The average molecular weight is 192 g/mol. The van der Waals surface area contributed by atoms with Crippen LogP contribution in [0.25, 0.3) is 0 Å². The van der Waals surface area contributed by atoms with Crippen LogP contribution in [-0.4, -0.2) is 0 Å². The molecule has 0 aromatic carbocycles. The van der Waals surface area contributed by atoms with Gasteiger partial charge in [0.25, 0.3) is 0 Å². The van der Waals surface area contributed by atoms with E-state index in [1.165, 1.54) is 32.1 Å². The zero-order valence-corrected chi connectivity index (χ0v) is 9.97. The Morgan fingerprint density at radius 3 is 2.14 bits per heavy atom. The predicted molar refractivity (Wildman–Crippen MR) is 64.4 cm³/mol. The van der Waals surface area contributed by atoms with Gasteiger partial charge in [-0.3, -0.25) is 0 Å². The molecule has 0 aliphatic heterocycles. The van der Waals surface area contributed by atoms with Crippen LogP contribution in [0.5, 0.6) is 0 Å². The van der Waals surface area contributed by atoms with Crippen LogP contribution in [0.15, 0.2) is 23.8 Å². The maximum Gasteiger partial charge on any atom is -0.00529 e. The lowest BCUT2D eigenvalue weighted by atomic mass is 9.71. The summed E-state index contributed by atoms with van der Waals surface area (Å²) in [5, 5.41) is 0. The van der Waals surface area contributed by atoms with Gasteiger partial charge in [-0.15, -0.1) is 0 Å². The summed E-state index contributed by atoms with van der Waals surface area (Å²) in [5.41, 5.74) is 2.11. The third kappa shape index (κ3) is 2.29. The summed E-state index contributed by atoms with van der Waals surface area (Å²) in [5.74, 6) is 0. The van der Waals surface area contributed by atoms with Gasteiger partial charge in [0, 0.05) is 0 Å². The predicted octanol–water partition coefficient (Wildman–Crippen LogP) is 4.87. The summed E-state index contributed by atoms with van der Waals surface area (Å²) < 4.78 is 0. The topological polar surface area (TPSA) is 0 Å². The largest absolute Gasteiger partial charge is 0.0804 e. The fraction of sp³-hybridized carbons (Fsp3) is 0.714. The molecule has 0 spiro atoms. The van der Waals surface area contributed by atoms with Crippen molar-refractivity contribution in [2.45, 2.75) is 59.3 Å². The molecular formula is C14H24. The number of hydrogen-bond acceptors (Lipinski definition) is 0. The van der Waals surface area contributed by atoms with Crippen LogP contribution in [0, 0.1) is 5.41 Å². The van der Waals surface area contributed by atoms with Crippen molar-refractivity contribution < 1.29 is 0 Å². The van der Waals surface area contributed by atoms with Crippen LogP contribution in [0.1, 0.15) is 59.3 Å². The molecule has 0 N–H and O–H groups in total. The first-order chi connectivity index (χ1) is 6.79. The smallest absolute Gasteiger partial charge is 0.00529 e. The van der Waals surface area contributed by atoms with E-state index in [0.29, 0.717) is 5.41 Å². The van der Waals surface area contributed by atoms with E-state index in [-0.39, 0.29) is 0 Å². The molecule has 0 saturated carbocycles. The Kier molecular flexibility index (Phi) is 4.44. The maximum absolute atomic E-state index is 2.43. The molecule has 0 heteroatoms. The molecule has 0 amide bonds. The molecule has 1 aliphatic carbocycles. The molecule has 0 saturated heterocycles. The van der Waals surface area contributed by atoms with Gasteiger partial charge in [-0.25, -0.2) is 0 Å². The number of hydrogen-bond donors (Lipinski definition) is 0. The van der Waals surface area contributed by atoms with Gasteiger partial charge in [0.15, 0.2) is 0 Å². The van der Waals surface area contributed by atoms with E-state index in [2.05, 4.69) is 39.0 Å². The normalized spacial score (nSPS) is 16.1. The highest BCUT2D eigenvalue weighted by Gasteiger charge is 2.29. The third-order valence-electron chi connectivity index (χ3n) is 3.52. The van der Waals surface area contributed by atoms with Crippen molar-refractivity contribution in [2.24, 2.45) is 5.41 Å². The summed E-state index contributed by atoms with van der Waals surface area (Å²) in [6.07, 6.45) is 14.9. The molecule has 0 fully saturated rings. The monoisotopic (exact) mass is 192 g/mol. The van der Waals surface area contributed by atoms with E-state index in [1.807, 2.05) is 0 Å². The molecule has 14 heavy (non-hydrogen) atoms. The van der Waals surface area contributed by atoms with Gasteiger partial charge in [0.05, 0.1) is 0 Å². The number of rotatable bonds is 6. The van der Waals surface area contributed by atoms with Crippen molar-refractivity contribution in [3.05, 3.63) is 23.8 Å². The Morgan fingerprint density at radius 1 is 1.14 bits per heavy atom. The summed E-state index contributed by atoms with van der Waals surface area (Å²) >= 11 is 0. The molecule has 80 valence electrons. The van der Waals surface area contributed by atoms with E-state index >= 15 is 0 Å². The third-order valence-corrected chi connectivity index (χ3v) is 3.52. The standard InChI is InChI=1S/C14H24/c1-4-11-14(6-3,12-5-2)13-9-7-8-10-13/h7,9-10H,4-6,8,11-12H2,1-3H3. The Bertz CT molecular complexity index is 214. The molecule has 1 rings (SSSR count). The molecule has 0 heterocycles. The molecular weight excluding hydrogens is 168 g/mol. The molecule has 0 aromatic rings. The second kappa shape index (κ2) is 5.38. The van der Waals surface area contributed by atoms with Crippen LogP contribution in [-0.2, 0) is 0 Å². The highest BCUT2D eigenvalue weighted by atomic mass is 14.3. The van der Waals surface area contributed by atoms with E-state index in [0.717, 1.165) is 6.42 Å². The molecule has 0 nitrogen and oxygen atoms in total. The minimum Gasteiger partial charge on any atom is -0.0804 e. The molecule has 0 atom stereocenters. The lowest BCUT2D eigenvalue weighted by Crippen LogP contribution is -2.21. The summed E-state index contributed by atoms with van der Waals surface area (Å²) in [6.45, 7) is 6.96. The van der Waals surface area contributed by atoms with E-state index in [1.54, 1.807) is 5.57 Å². The van der Waals surface area contributed by atoms with Crippen molar-refractivity contribution in [2.75, 3.05) is 0 Å². The van der Waals surface area contributed by atoms with Crippen molar-refractivity contribution >= 4 is 0 Å². The molecule has 0 aromatic heterocycles. The van der Waals surface area contributed by atoms with Gasteiger partial charge in [0.2, 0.25) is 0 Å². The highest BCUT2D eigenvalue weighted by molar-refractivity contribution is 5.32. The second-order valence-corrected chi connectivity index (χ2v) is 4.43. The van der Waals surface area contributed by atoms with Crippen LogP contribution in [0.4, 0.5) is 0 Å². The first-order valence-corrected chi connectivity index (χ1v) is 6.16. The molecule has 0 unspecified atom stereocenters. The van der Waals surface area contributed by atoms with Gasteiger partial charge in [0.1, 0.15) is 0 Å². The van der Waals surface area contributed by atoms with Crippen LogP contribution in [0.3, 0.4) is 0 Å². The minimum atomic E-state index is 0.497. The van der Waals surface area contributed by atoms with E-state index in [9.17, 15) is 0 Å². The van der Waals surface area contributed by atoms with Gasteiger partial charge in [-0.1, -0.05) is 51.8 Å². The Labute approximate surface area is 89.1 Å². The fourth-order valence-corrected chi connectivity index (χ4v) is 2.78. The summed E-state index contributed by atoms with van der Waals surface area (Å²) in [4.78, 5) is 0. The van der Waals surface area contributed by atoms with Crippen LogP contribution < -0.4 is 0 Å². The zero-order valence-electron chi connectivity index (χ0n) is 9.97. The first-order valence-electron chi connectivity index (χ1n) is 6.16. The second-order valence-electron chi connectivity index (χ2n) is 4.43. The Balaban J connectivity index is 2.81. The van der Waals surface area contributed by atoms with E-state index < -0.39 is 0 Å². The van der Waals surface area contributed by atoms with Crippen LogP contribution >= 0.6 is 0 Å². The minimum absolute atomic E-state index is 0.497. The molecule has 0 bridgehead atoms. The molecule has 1 aliphatic rings. The quantitative estimate of drug-likeness (QED) is 0.563. The van der Waals surface area contributed by atoms with Crippen molar-refractivity contribution in [1.29, 1.82) is 0 Å². The molecule has 0 radical (unpaired) electrons. The van der Waals surface area contributed by atoms with E-state index in [4.69, 9.17) is 0 Å². The van der Waals surface area contributed by atoms with Crippen LogP contribution in [0.2, 0.25) is 0 Å². The first kappa shape index (κ1) is 11.6. The lowest BCUT2D eigenvalue weighted by Gasteiger charge is -2.33. The Hall–Kier alpha value is -0.520. The van der Waals surface area contributed by atoms with Gasteiger partial charge >= 0.3 is 0 Å². The van der Waals surface area contributed by atoms with Gasteiger partial charge in [-0.05, 0) is 36.7 Å². The Morgan fingerprint density at radius 2 is 1.79 bits per heavy atom. The summed E-state index contributed by atoms with van der Waals surface area (Å²) in [6, 6.07) is 0. The van der Waals surface area contributed by atoms with Gasteiger partial charge in [-0.2, -0.15) is 0 Å². The van der Waals surface area contributed by atoms with Crippen molar-refractivity contribution in [3.8, 4) is 0 Å². The van der Waals surface area contributed by atoms with Crippen molar-refractivity contribution in [1.82, 2.24) is 0 Å². The number of allylic oxidation sites excluding steroid dienone is 4. The zero-order chi connectivity index (χ0) is 10.4. The average Bonchev–Trinajstić information content (AvgIpc) is 2.70. The SMILES string of the molecule is CCCC(CC)(CCC)C1=CCC=C1. The maximum atomic E-state index is 2.43.